The molecule has 0 aliphatic heterocycles. The van der Waals surface area contributed by atoms with Gasteiger partial charge in [-0.2, -0.15) is 0 Å². The molecule has 0 aromatic heterocycles. The first-order valence-electron chi connectivity index (χ1n) is 10.2. The van der Waals surface area contributed by atoms with Crippen LogP contribution in [0.1, 0.15) is 10.4 Å². The van der Waals surface area contributed by atoms with Gasteiger partial charge in [-0.1, -0.05) is 37.4 Å². The van der Waals surface area contributed by atoms with Crippen LogP contribution in [-0.2, 0) is 14.3 Å². The lowest BCUT2D eigenvalue weighted by Crippen LogP contribution is -2.13. The molecule has 0 saturated carbocycles. The molecule has 0 amide bonds. The van der Waals surface area contributed by atoms with E-state index in [0.29, 0.717) is 17.1 Å². The molecule has 3 aromatic carbocycles. The van der Waals surface area contributed by atoms with E-state index in [4.69, 9.17) is 14.2 Å². The Kier molecular flexibility index (Phi) is 8.56. The van der Waals surface area contributed by atoms with Gasteiger partial charge in [-0.3, -0.25) is 4.79 Å². The smallest absolute Gasteiger partial charge is 0.341 e. The van der Waals surface area contributed by atoms with Crippen LogP contribution in [0.2, 0.25) is 0 Å². The first-order chi connectivity index (χ1) is 16.4. The maximum atomic E-state index is 12.6. The van der Waals surface area contributed by atoms with Crippen LogP contribution >= 0.6 is 11.8 Å². The fourth-order valence-corrected chi connectivity index (χ4v) is 3.57. The third-order valence-electron chi connectivity index (χ3n) is 4.55. The molecule has 0 aliphatic rings. The number of benzene rings is 3. The fraction of sp³-hybridized carbons (Fsp3) is 0.0741. The van der Waals surface area contributed by atoms with Gasteiger partial charge in [-0.25, -0.2) is 9.59 Å². The molecule has 0 aliphatic carbocycles. The predicted molar refractivity (Wildman–Crippen MR) is 131 cm³/mol. The largest absolute Gasteiger partial charge is 0.423 e. The first-order valence-corrected chi connectivity index (χ1v) is 11.0. The highest BCUT2D eigenvalue weighted by Crippen LogP contribution is 2.27. The standard InChI is InChI=1S/C27H22O6S/c1-4-25(28)32-22-13-15-24(16-14-22)34-27(30)21-7-5-19(6-8-21)20-9-11-23(12-10-20)33-26(29)18(2)17-31-3/h4-16H,1-2,17H2,3H3. The van der Waals surface area contributed by atoms with Crippen LogP contribution in [0.3, 0.4) is 0 Å². The minimum Gasteiger partial charge on any atom is -0.423 e. The Hall–Kier alpha value is -3.94. The topological polar surface area (TPSA) is 78.9 Å². The summed E-state index contributed by atoms with van der Waals surface area (Å²) < 4.78 is 15.2. The van der Waals surface area contributed by atoms with Crippen LogP contribution < -0.4 is 9.47 Å². The van der Waals surface area contributed by atoms with E-state index in [2.05, 4.69) is 13.2 Å². The van der Waals surface area contributed by atoms with E-state index in [0.717, 1.165) is 33.9 Å². The number of hydrogen-bond donors (Lipinski definition) is 0. The van der Waals surface area contributed by atoms with Crippen molar-refractivity contribution in [2.45, 2.75) is 4.90 Å². The fourth-order valence-electron chi connectivity index (χ4n) is 2.83. The molecule has 34 heavy (non-hydrogen) atoms. The van der Waals surface area contributed by atoms with Gasteiger partial charge in [0.15, 0.2) is 0 Å². The number of ether oxygens (including phenoxy) is 3. The van der Waals surface area contributed by atoms with Crippen molar-refractivity contribution in [1.29, 1.82) is 0 Å². The van der Waals surface area contributed by atoms with Gasteiger partial charge in [0.25, 0.3) is 0 Å². The molecule has 172 valence electrons. The Balaban J connectivity index is 1.60. The molecular weight excluding hydrogens is 452 g/mol. The summed E-state index contributed by atoms with van der Waals surface area (Å²) in [5.74, 6) is -0.297. The van der Waals surface area contributed by atoms with Crippen molar-refractivity contribution in [1.82, 2.24) is 0 Å². The van der Waals surface area contributed by atoms with Crippen molar-refractivity contribution in [3.8, 4) is 22.6 Å². The van der Waals surface area contributed by atoms with Crippen molar-refractivity contribution < 1.29 is 28.6 Å². The summed E-state index contributed by atoms with van der Waals surface area (Å²) in [7, 11) is 1.48. The molecule has 0 saturated heterocycles. The number of carbonyl (C=O) groups excluding carboxylic acids is 3. The maximum Gasteiger partial charge on any atom is 0.341 e. The Labute approximate surface area is 201 Å². The molecule has 0 heterocycles. The van der Waals surface area contributed by atoms with Crippen LogP contribution in [0.25, 0.3) is 11.1 Å². The second-order valence-electron chi connectivity index (χ2n) is 7.01. The highest BCUT2D eigenvalue weighted by molar-refractivity contribution is 8.14. The Bertz CT molecular complexity index is 1200. The highest BCUT2D eigenvalue weighted by Gasteiger charge is 2.11. The zero-order valence-corrected chi connectivity index (χ0v) is 19.3. The van der Waals surface area contributed by atoms with Crippen LogP contribution in [-0.4, -0.2) is 30.8 Å². The third-order valence-corrected chi connectivity index (χ3v) is 5.47. The summed E-state index contributed by atoms with van der Waals surface area (Å²) in [5.41, 5.74) is 2.61. The van der Waals surface area contributed by atoms with E-state index in [1.807, 2.05) is 24.3 Å². The van der Waals surface area contributed by atoms with Gasteiger partial charge in [0, 0.05) is 23.6 Å². The molecule has 0 radical (unpaired) electrons. The Morgan fingerprint density at radius 1 is 0.824 bits per heavy atom. The summed E-state index contributed by atoms with van der Waals surface area (Å²) in [6, 6.07) is 20.9. The van der Waals surface area contributed by atoms with Crippen LogP contribution in [0.5, 0.6) is 11.5 Å². The average molecular weight is 475 g/mol. The summed E-state index contributed by atoms with van der Waals surface area (Å²) in [4.78, 5) is 36.5. The van der Waals surface area contributed by atoms with Gasteiger partial charge in [0.1, 0.15) is 11.5 Å². The molecule has 0 spiro atoms. The first kappa shape index (κ1) is 24.7. The molecule has 0 unspecified atom stereocenters. The number of rotatable bonds is 9. The second-order valence-corrected chi connectivity index (χ2v) is 8.06. The van der Waals surface area contributed by atoms with Gasteiger partial charge in [0.2, 0.25) is 5.12 Å². The molecule has 0 bridgehead atoms. The second kappa shape index (κ2) is 11.8. The minimum absolute atomic E-state index is 0.108. The van der Waals surface area contributed by atoms with Gasteiger partial charge in [0.05, 0.1) is 12.2 Å². The summed E-state index contributed by atoms with van der Waals surface area (Å²) in [5, 5.41) is -0.110. The summed E-state index contributed by atoms with van der Waals surface area (Å²) in [6.45, 7) is 7.08. The van der Waals surface area contributed by atoms with Gasteiger partial charge < -0.3 is 14.2 Å². The van der Waals surface area contributed by atoms with Crippen LogP contribution in [0, 0.1) is 0 Å². The molecule has 0 N–H and O–H groups in total. The van der Waals surface area contributed by atoms with Crippen molar-refractivity contribution in [3.63, 3.8) is 0 Å². The van der Waals surface area contributed by atoms with Gasteiger partial charge in [-0.15, -0.1) is 0 Å². The lowest BCUT2D eigenvalue weighted by atomic mass is 10.0. The highest BCUT2D eigenvalue weighted by atomic mass is 32.2. The predicted octanol–water partition coefficient (Wildman–Crippen LogP) is 5.49. The molecule has 3 rings (SSSR count). The number of hydrogen-bond acceptors (Lipinski definition) is 7. The van der Waals surface area contributed by atoms with Crippen LogP contribution in [0.15, 0.2) is 102 Å². The lowest BCUT2D eigenvalue weighted by Gasteiger charge is -2.08. The molecule has 7 heteroatoms. The van der Waals surface area contributed by atoms with Gasteiger partial charge in [-0.05, 0) is 71.4 Å². The van der Waals surface area contributed by atoms with Crippen molar-refractivity contribution in [2.75, 3.05) is 13.7 Å². The number of esters is 2. The molecule has 0 fully saturated rings. The lowest BCUT2D eigenvalue weighted by molar-refractivity contribution is -0.131. The number of carbonyl (C=O) groups is 3. The quantitative estimate of drug-likeness (QED) is 0.176. The third kappa shape index (κ3) is 6.78. The maximum absolute atomic E-state index is 12.6. The van der Waals surface area contributed by atoms with E-state index < -0.39 is 11.9 Å². The molecule has 6 nitrogen and oxygen atoms in total. The zero-order chi connectivity index (χ0) is 24.5. The van der Waals surface area contributed by atoms with E-state index >= 15 is 0 Å². The average Bonchev–Trinajstić information content (AvgIpc) is 2.85. The minimum atomic E-state index is -0.541. The SMILES string of the molecule is C=CC(=O)Oc1ccc(SC(=O)c2ccc(-c3ccc(OC(=O)C(=C)COC)cc3)cc2)cc1. The normalized spacial score (nSPS) is 10.3. The number of thioether (sulfide) groups is 1. The van der Waals surface area contributed by atoms with Crippen LogP contribution in [0.4, 0.5) is 0 Å². The van der Waals surface area contributed by atoms with E-state index in [-0.39, 0.29) is 17.3 Å². The van der Waals surface area contributed by atoms with Crippen molar-refractivity contribution in [2.24, 2.45) is 0 Å². The Morgan fingerprint density at radius 2 is 1.35 bits per heavy atom. The zero-order valence-electron chi connectivity index (χ0n) is 18.5. The Morgan fingerprint density at radius 3 is 1.91 bits per heavy atom. The van der Waals surface area contributed by atoms with E-state index in [9.17, 15) is 14.4 Å². The van der Waals surface area contributed by atoms with Crippen molar-refractivity contribution in [3.05, 3.63) is 103 Å². The van der Waals surface area contributed by atoms with E-state index in [1.165, 1.54) is 7.11 Å². The van der Waals surface area contributed by atoms with Gasteiger partial charge >= 0.3 is 11.9 Å². The molecule has 3 aromatic rings. The summed E-state index contributed by atoms with van der Waals surface area (Å²) >= 11 is 1.08. The van der Waals surface area contributed by atoms with Crippen molar-refractivity contribution >= 4 is 28.8 Å². The molecule has 0 atom stereocenters. The summed E-state index contributed by atoms with van der Waals surface area (Å²) in [6.07, 6.45) is 1.08. The van der Waals surface area contributed by atoms with E-state index in [1.54, 1.807) is 48.5 Å². The molecular formula is C27H22O6S. The number of methoxy groups -OCH3 is 1. The monoisotopic (exact) mass is 474 g/mol.